The molecule has 1 amide bonds. The van der Waals surface area contributed by atoms with E-state index in [-0.39, 0.29) is 36.7 Å². The van der Waals surface area contributed by atoms with Crippen LogP contribution in [0.5, 0.6) is 5.75 Å². The lowest BCUT2D eigenvalue weighted by Gasteiger charge is -2.32. The number of halogens is 3. The second-order valence-corrected chi connectivity index (χ2v) is 7.43. The fourth-order valence-corrected chi connectivity index (χ4v) is 3.27. The van der Waals surface area contributed by atoms with Crippen molar-refractivity contribution in [2.24, 2.45) is 0 Å². The predicted octanol–water partition coefficient (Wildman–Crippen LogP) is 4.84. The zero-order chi connectivity index (χ0) is 22.6. The van der Waals surface area contributed by atoms with Gasteiger partial charge in [-0.2, -0.15) is 18.2 Å². The number of alkyl carbamates (subject to hydrolysis) is 1. The van der Waals surface area contributed by atoms with E-state index in [1.54, 1.807) is 0 Å². The number of aromatic nitrogens is 2. The Balaban J connectivity index is 1.20. The number of amides is 1. The highest BCUT2D eigenvalue weighted by Crippen LogP contribution is 2.36. The summed E-state index contributed by atoms with van der Waals surface area (Å²) in [6.45, 7) is 0.0761. The maximum Gasteiger partial charge on any atom is 0.416 e. The third-order valence-corrected chi connectivity index (χ3v) is 5.04. The largest absolute Gasteiger partial charge is 0.485 e. The van der Waals surface area contributed by atoms with Crippen LogP contribution in [0, 0.1) is 0 Å². The molecule has 1 saturated carbocycles. The van der Waals surface area contributed by atoms with Crippen LogP contribution in [-0.4, -0.2) is 22.3 Å². The first-order valence-corrected chi connectivity index (χ1v) is 9.96. The fourth-order valence-electron chi connectivity index (χ4n) is 3.27. The molecule has 4 rings (SSSR count). The number of hydrogen-bond acceptors (Lipinski definition) is 6. The van der Waals surface area contributed by atoms with Gasteiger partial charge in [0.2, 0.25) is 11.7 Å². The molecule has 0 bridgehead atoms. The van der Waals surface area contributed by atoms with Gasteiger partial charge in [-0.25, -0.2) is 4.79 Å². The first-order chi connectivity index (χ1) is 15.4. The number of alkyl halides is 3. The molecule has 32 heavy (non-hydrogen) atoms. The maximum atomic E-state index is 12.8. The molecule has 0 unspecified atom stereocenters. The molecule has 2 aromatic carbocycles. The molecule has 1 N–H and O–H groups in total. The maximum absolute atomic E-state index is 12.8. The van der Waals surface area contributed by atoms with Crippen LogP contribution in [0.1, 0.15) is 41.6 Å². The first-order valence-electron chi connectivity index (χ1n) is 9.96. The number of nitrogens with zero attached hydrogens (tertiary/aromatic N) is 2. The Morgan fingerprint density at radius 3 is 2.62 bits per heavy atom. The Morgan fingerprint density at radius 2 is 1.88 bits per heavy atom. The van der Waals surface area contributed by atoms with Crippen molar-refractivity contribution in [3.8, 4) is 5.75 Å². The molecular formula is C22H20F3N3O4. The van der Waals surface area contributed by atoms with E-state index in [2.05, 4.69) is 15.5 Å². The van der Waals surface area contributed by atoms with Crippen molar-refractivity contribution in [1.29, 1.82) is 0 Å². The van der Waals surface area contributed by atoms with Crippen molar-refractivity contribution >= 4 is 6.09 Å². The topological polar surface area (TPSA) is 86.5 Å². The normalized spacial score (nSPS) is 18.0. The van der Waals surface area contributed by atoms with E-state index in [0.29, 0.717) is 18.7 Å². The summed E-state index contributed by atoms with van der Waals surface area (Å²) in [6, 6.07) is 13.9. The van der Waals surface area contributed by atoms with Crippen LogP contribution < -0.4 is 10.1 Å². The lowest BCUT2D eigenvalue weighted by atomic mass is 9.80. The van der Waals surface area contributed by atoms with E-state index in [1.165, 1.54) is 12.1 Å². The number of carbonyl (C=O) groups excluding carboxylic acids is 1. The van der Waals surface area contributed by atoms with Crippen molar-refractivity contribution < 1.29 is 32.0 Å². The molecule has 168 valence electrons. The van der Waals surface area contributed by atoms with Crippen LogP contribution in [0.15, 0.2) is 59.1 Å². The van der Waals surface area contributed by atoms with Gasteiger partial charge in [0.1, 0.15) is 12.4 Å². The average molecular weight is 447 g/mol. The zero-order valence-corrected chi connectivity index (χ0v) is 16.8. The van der Waals surface area contributed by atoms with E-state index in [0.717, 1.165) is 17.7 Å². The number of ether oxygens (including phenoxy) is 2. The molecule has 1 fully saturated rings. The van der Waals surface area contributed by atoms with Crippen LogP contribution in [0.25, 0.3) is 0 Å². The fraction of sp³-hybridized carbons (Fsp3) is 0.318. The van der Waals surface area contributed by atoms with Gasteiger partial charge in [-0.1, -0.05) is 41.6 Å². The minimum atomic E-state index is -4.44. The van der Waals surface area contributed by atoms with Crippen LogP contribution in [0.4, 0.5) is 18.0 Å². The minimum Gasteiger partial charge on any atom is -0.485 e. The van der Waals surface area contributed by atoms with E-state index in [1.807, 2.05) is 30.3 Å². The molecule has 3 aromatic rings. The predicted molar refractivity (Wildman–Crippen MR) is 106 cm³/mol. The Morgan fingerprint density at radius 1 is 1.09 bits per heavy atom. The Hall–Kier alpha value is -3.56. The van der Waals surface area contributed by atoms with Gasteiger partial charge in [0.05, 0.1) is 5.56 Å². The molecule has 0 aliphatic heterocycles. The number of nitrogens with one attached hydrogen (secondary N) is 1. The minimum absolute atomic E-state index is 0.00997. The molecule has 1 heterocycles. The summed E-state index contributed by atoms with van der Waals surface area (Å²) in [5.41, 5.74) is 0.110. The van der Waals surface area contributed by atoms with Gasteiger partial charge in [-0.05, 0) is 36.6 Å². The Bertz CT molecular complexity index is 1050. The van der Waals surface area contributed by atoms with E-state index >= 15 is 0 Å². The SMILES string of the molecule is O=C(NC1CC(c2nc(COc3cccc(C(F)(F)F)c3)no2)C1)OCc1ccccc1. The third-order valence-electron chi connectivity index (χ3n) is 5.04. The third kappa shape index (κ3) is 5.57. The highest BCUT2D eigenvalue weighted by atomic mass is 19.4. The summed E-state index contributed by atoms with van der Waals surface area (Å²) in [5.74, 6) is 0.691. The van der Waals surface area contributed by atoms with Crippen LogP contribution in [0.3, 0.4) is 0 Å². The molecule has 0 radical (unpaired) electrons. The van der Waals surface area contributed by atoms with E-state index < -0.39 is 17.8 Å². The molecule has 1 aliphatic rings. The van der Waals surface area contributed by atoms with Gasteiger partial charge in [0.15, 0.2) is 6.61 Å². The smallest absolute Gasteiger partial charge is 0.416 e. The zero-order valence-electron chi connectivity index (χ0n) is 16.8. The number of carbonyl (C=O) groups is 1. The molecule has 1 aliphatic carbocycles. The van der Waals surface area contributed by atoms with Gasteiger partial charge >= 0.3 is 12.3 Å². The van der Waals surface area contributed by atoms with Crippen molar-refractivity contribution in [3.05, 3.63) is 77.4 Å². The quantitative estimate of drug-likeness (QED) is 0.558. The molecule has 1 aromatic heterocycles. The Kier molecular flexibility index (Phi) is 6.29. The van der Waals surface area contributed by atoms with Crippen molar-refractivity contribution in [1.82, 2.24) is 15.5 Å². The molecule has 0 atom stereocenters. The van der Waals surface area contributed by atoms with E-state index in [9.17, 15) is 18.0 Å². The number of benzene rings is 2. The summed E-state index contributed by atoms with van der Waals surface area (Å²) in [5, 5.41) is 6.60. The van der Waals surface area contributed by atoms with Crippen molar-refractivity contribution in [2.75, 3.05) is 0 Å². The summed E-state index contributed by atoms with van der Waals surface area (Å²) in [4.78, 5) is 16.1. The van der Waals surface area contributed by atoms with Gasteiger partial charge in [-0.3, -0.25) is 0 Å². The standard InChI is InChI=1S/C22H20F3N3O4/c23-22(24,25)16-7-4-8-18(11-16)30-13-19-27-20(32-28-19)15-9-17(10-15)26-21(29)31-12-14-5-2-1-3-6-14/h1-8,11,15,17H,9-10,12-13H2,(H,26,29). The molecule has 7 nitrogen and oxygen atoms in total. The van der Waals surface area contributed by atoms with Crippen LogP contribution in [0.2, 0.25) is 0 Å². The first kappa shape index (κ1) is 21.7. The Labute approximate surface area is 181 Å². The van der Waals surface area contributed by atoms with E-state index in [4.69, 9.17) is 14.0 Å². The summed E-state index contributed by atoms with van der Waals surface area (Å²) in [7, 11) is 0. The highest BCUT2D eigenvalue weighted by Gasteiger charge is 2.35. The summed E-state index contributed by atoms with van der Waals surface area (Å²) >= 11 is 0. The number of rotatable bonds is 7. The van der Waals surface area contributed by atoms with Gasteiger partial charge < -0.3 is 19.3 Å². The highest BCUT2D eigenvalue weighted by molar-refractivity contribution is 5.67. The molecule has 0 spiro atoms. The van der Waals surface area contributed by atoms with Gasteiger partial charge in [-0.15, -0.1) is 0 Å². The lowest BCUT2D eigenvalue weighted by Crippen LogP contribution is -2.43. The van der Waals surface area contributed by atoms with Gasteiger partial charge in [0.25, 0.3) is 0 Å². The second kappa shape index (κ2) is 9.29. The molecule has 10 heteroatoms. The molecule has 0 saturated heterocycles. The van der Waals surface area contributed by atoms with Crippen LogP contribution in [-0.2, 0) is 24.1 Å². The monoisotopic (exact) mass is 447 g/mol. The molecular weight excluding hydrogens is 427 g/mol. The average Bonchev–Trinajstić information content (AvgIpc) is 3.22. The van der Waals surface area contributed by atoms with Gasteiger partial charge in [0, 0.05) is 12.0 Å². The van der Waals surface area contributed by atoms with Crippen LogP contribution >= 0.6 is 0 Å². The second-order valence-electron chi connectivity index (χ2n) is 7.43. The summed E-state index contributed by atoms with van der Waals surface area (Å²) < 4.78 is 54.1. The van der Waals surface area contributed by atoms with Crippen molar-refractivity contribution in [3.63, 3.8) is 0 Å². The summed E-state index contributed by atoms with van der Waals surface area (Å²) in [6.07, 6.45) is -3.69. The van der Waals surface area contributed by atoms with Crippen molar-refractivity contribution in [2.45, 2.75) is 44.2 Å². The lowest BCUT2D eigenvalue weighted by molar-refractivity contribution is -0.137. The number of hydrogen-bond donors (Lipinski definition) is 1.